The van der Waals surface area contributed by atoms with Gasteiger partial charge in [0, 0.05) is 18.1 Å². The van der Waals surface area contributed by atoms with Crippen LogP contribution in [0.3, 0.4) is 0 Å². The van der Waals surface area contributed by atoms with Crippen LogP contribution in [0.2, 0.25) is 0 Å². The summed E-state index contributed by atoms with van der Waals surface area (Å²) in [4.78, 5) is 33.0. The highest BCUT2D eigenvalue weighted by Gasteiger charge is 2.37. The summed E-state index contributed by atoms with van der Waals surface area (Å²) in [5, 5.41) is 0. The molecule has 2 atom stereocenters. The maximum Gasteiger partial charge on any atom is 0.362 e. The minimum Gasteiger partial charge on any atom is -0.461 e. The molecule has 1 saturated heterocycles. The topological polar surface area (TPSA) is 64.4 Å². The molecule has 0 radical (unpaired) electrons. The van der Waals surface area contributed by atoms with Crippen molar-refractivity contribution in [3.05, 3.63) is 40.3 Å². The average Bonchev–Trinajstić information content (AvgIpc) is 3.26. The van der Waals surface area contributed by atoms with Crippen LogP contribution >= 0.6 is 0 Å². The Bertz CT molecular complexity index is 1060. The summed E-state index contributed by atoms with van der Waals surface area (Å²) in [6, 6.07) is 8.68. The summed E-state index contributed by atoms with van der Waals surface area (Å²) in [5.74, 6) is 0.170. The summed E-state index contributed by atoms with van der Waals surface area (Å²) in [6.07, 6.45) is 8.46. The van der Waals surface area contributed by atoms with Gasteiger partial charge in [-0.3, -0.25) is 9.69 Å². The molecule has 0 spiro atoms. The van der Waals surface area contributed by atoms with Crippen molar-refractivity contribution in [1.82, 2.24) is 14.5 Å². The van der Waals surface area contributed by atoms with Crippen LogP contribution in [0.1, 0.15) is 96.1 Å². The number of nitrogens with zero attached hydrogens (tertiary/aromatic N) is 3. The second-order valence-corrected chi connectivity index (χ2v) is 11.3. The number of carbonyl (C=O) groups excluding carboxylic acids is 1. The van der Waals surface area contributed by atoms with Gasteiger partial charge in [0.15, 0.2) is 0 Å². The highest BCUT2D eigenvalue weighted by molar-refractivity contribution is 5.89. The molecule has 186 valence electrons. The van der Waals surface area contributed by atoms with Gasteiger partial charge in [0.25, 0.3) is 5.56 Å². The number of aromatic nitrogens is 2. The van der Waals surface area contributed by atoms with Crippen LogP contribution < -0.4 is 5.56 Å². The van der Waals surface area contributed by atoms with E-state index in [4.69, 9.17) is 4.74 Å². The van der Waals surface area contributed by atoms with Crippen molar-refractivity contribution in [2.24, 2.45) is 11.3 Å². The van der Waals surface area contributed by atoms with Gasteiger partial charge in [0.2, 0.25) is 5.69 Å². The third-order valence-electron chi connectivity index (χ3n) is 8.13. The molecule has 2 fully saturated rings. The molecule has 0 amide bonds. The molecule has 2 aliphatic rings. The van der Waals surface area contributed by atoms with Crippen LogP contribution in [-0.2, 0) is 4.74 Å². The number of para-hydroxylation sites is 2. The van der Waals surface area contributed by atoms with E-state index >= 15 is 0 Å². The Kier molecular flexibility index (Phi) is 7.46. The predicted molar refractivity (Wildman–Crippen MR) is 136 cm³/mol. The SMILES string of the molecule is CCOC(=O)c1nc2ccccc2n([C@@H](C)C[C@@H]2CCCN2[C@H]2CC[C@H](C(C)(C)C)CC2)c1=O. The van der Waals surface area contributed by atoms with E-state index in [1.165, 1.54) is 38.5 Å². The molecule has 4 rings (SSSR count). The molecule has 0 bridgehead atoms. The summed E-state index contributed by atoms with van der Waals surface area (Å²) in [6.45, 7) is 12.3. The molecule has 34 heavy (non-hydrogen) atoms. The number of esters is 1. The second kappa shape index (κ2) is 10.2. The fraction of sp³-hybridized carbons (Fsp3) is 0.679. The second-order valence-electron chi connectivity index (χ2n) is 11.3. The first-order valence-electron chi connectivity index (χ1n) is 13.1. The van der Waals surface area contributed by atoms with Crippen molar-refractivity contribution in [1.29, 1.82) is 0 Å². The predicted octanol–water partition coefficient (Wildman–Crippen LogP) is 5.59. The Morgan fingerprint density at radius 2 is 1.85 bits per heavy atom. The van der Waals surface area contributed by atoms with E-state index < -0.39 is 5.97 Å². The van der Waals surface area contributed by atoms with Crippen LogP contribution in [-0.4, -0.2) is 45.7 Å². The lowest BCUT2D eigenvalue weighted by molar-refractivity contribution is 0.0516. The van der Waals surface area contributed by atoms with Gasteiger partial charge in [-0.05, 0) is 88.8 Å². The van der Waals surface area contributed by atoms with E-state index in [1.54, 1.807) is 11.5 Å². The molecule has 2 aromatic rings. The summed E-state index contributed by atoms with van der Waals surface area (Å²) < 4.78 is 6.91. The fourth-order valence-electron chi connectivity index (χ4n) is 6.29. The standard InChI is InChI=1S/C28H41N3O3/c1-6-34-27(33)25-26(32)31(24-12-8-7-11-23(24)29-25)19(2)18-22-10-9-17-30(22)21-15-13-20(14-16-21)28(3,4)5/h7-8,11-12,19-22H,6,9-10,13-18H2,1-5H3/t19-,20-,21-,22-/m0/s1. The lowest BCUT2D eigenvalue weighted by atomic mass is 9.71. The van der Waals surface area contributed by atoms with Crippen LogP contribution in [0.15, 0.2) is 29.1 Å². The Hall–Kier alpha value is -2.21. The lowest BCUT2D eigenvalue weighted by Crippen LogP contribution is -2.43. The van der Waals surface area contributed by atoms with E-state index in [-0.39, 0.29) is 23.9 Å². The van der Waals surface area contributed by atoms with Gasteiger partial charge in [-0.25, -0.2) is 9.78 Å². The minimum absolute atomic E-state index is 0.0370. The van der Waals surface area contributed by atoms with Gasteiger partial charge < -0.3 is 9.30 Å². The van der Waals surface area contributed by atoms with Gasteiger partial charge in [-0.2, -0.15) is 0 Å². The first-order valence-corrected chi connectivity index (χ1v) is 13.1. The molecule has 1 saturated carbocycles. The lowest BCUT2D eigenvalue weighted by Gasteiger charge is -2.42. The first kappa shape index (κ1) is 24.9. The van der Waals surface area contributed by atoms with E-state index in [0.29, 0.717) is 23.0 Å². The maximum absolute atomic E-state index is 13.4. The Labute approximate surface area is 203 Å². The average molecular weight is 468 g/mol. The Morgan fingerprint density at radius 3 is 2.53 bits per heavy atom. The molecule has 1 aliphatic heterocycles. The normalized spacial score (nSPS) is 24.9. The third kappa shape index (κ3) is 5.07. The molecule has 0 N–H and O–H groups in total. The van der Waals surface area contributed by atoms with Gasteiger partial charge in [0.05, 0.1) is 17.6 Å². The molecule has 1 aromatic carbocycles. The smallest absolute Gasteiger partial charge is 0.362 e. The van der Waals surface area contributed by atoms with Crippen LogP contribution in [0.5, 0.6) is 0 Å². The van der Waals surface area contributed by atoms with E-state index in [2.05, 4.69) is 37.6 Å². The number of hydrogen-bond acceptors (Lipinski definition) is 5. The van der Waals surface area contributed by atoms with Crippen molar-refractivity contribution in [2.45, 2.75) is 97.7 Å². The number of fused-ring (bicyclic) bond motifs is 1. The molecule has 2 heterocycles. The van der Waals surface area contributed by atoms with Crippen molar-refractivity contribution < 1.29 is 9.53 Å². The Balaban J connectivity index is 1.56. The number of benzene rings is 1. The monoisotopic (exact) mass is 467 g/mol. The number of hydrogen-bond donors (Lipinski definition) is 0. The van der Waals surface area contributed by atoms with E-state index in [0.717, 1.165) is 24.4 Å². The maximum atomic E-state index is 13.4. The molecule has 1 aliphatic carbocycles. The molecular weight excluding hydrogens is 426 g/mol. The Morgan fingerprint density at radius 1 is 1.15 bits per heavy atom. The van der Waals surface area contributed by atoms with Gasteiger partial charge in [-0.1, -0.05) is 32.9 Å². The highest BCUT2D eigenvalue weighted by atomic mass is 16.5. The third-order valence-corrected chi connectivity index (χ3v) is 8.13. The van der Waals surface area contributed by atoms with E-state index in [1.807, 2.05) is 24.3 Å². The van der Waals surface area contributed by atoms with Crippen molar-refractivity contribution in [2.75, 3.05) is 13.2 Å². The van der Waals surface area contributed by atoms with Crippen molar-refractivity contribution in [3.63, 3.8) is 0 Å². The molecule has 6 nitrogen and oxygen atoms in total. The van der Waals surface area contributed by atoms with Gasteiger partial charge in [-0.15, -0.1) is 0 Å². The number of carbonyl (C=O) groups is 1. The zero-order valence-corrected chi connectivity index (χ0v) is 21.5. The van der Waals surface area contributed by atoms with Crippen LogP contribution in [0, 0.1) is 11.3 Å². The summed E-state index contributed by atoms with van der Waals surface area (Å²) >= 11 is 0. The van der Waals surface area contributed by atoms with Crippen LogP contribution in [0.4, 0.5) is 0 Å². The number of ether oxygens (including phenoxy) is 1. The van der Waals surface area contributed by atoms with Gasteiger partial charge >= 0.3 is 5.97 Å². The van der Waals surface area contributed by atoms with Crippen molar-refractivity contribution >= 4 is 17.0 Å². The highest BCUT2D eigenvalue weighted by Crippen LogP contribution is 2.41. The largest absolute Gasteiger partial charge is 0.461 e. The summed E-state index contributed by atoms with van der Waals surface area (Å²) in [5.41, 5.74) is 1.37. The molecule has 6 heteroatoms. The van der Waals surface area contributed by atoms with Crippen LogP contribution in [0.25, 0.3) is 11.0 Å². The quantitative estimate of drug-likeness (QED) is 0.518. The number of likely N-dealkylation sites (tertiary alicyclic amines) is 1. The zero-order chi connectivity index (χ0) is 24.5. The van der Waals surface area contributed by atoms with E-state index in [9.17, 15) is 9.59 Å². The summed E-state index contributed by atoms with van der Waals surface area (Å²) in [7, 11) is 0. The fourth-order valence-corrected chi connectivity index (χ4v) is 6.29. The molecule has 0 unspecified atom stereocenters. The minimum atomic E-state index is -0.641. The van der Waals surface area contributed by atoms with Crippen molar-refractivity contribution in [3.8, 4) is 0 Å². The zero-order valence-electron chi connectivity index (χ0n) is 21.5. The molecule has 1 aromatic heterocycles. The van der Waals surface area contributed by atoms with Gasteiger partial charge in [0.1, 0.15) is 0 Å². The molecular formula is C28H41N3O3. The first-order chi connectivity index (χ1) is 16.2. The number of rotatable bonds is 6.